The van der Waals surface area contributed by atoms with Crippen LogP contribution in [0.1, 0.15) is 28.9 Å². The first-order valence-corrected chi connectivity index (χ1v) is 10.7. The summed E-state index contributed by atoms with van der Waals surface area (Å²) in [6.45, 7) is 2.58. The van der Waals surface area contributed by atoms with Crippen LogP contribution in [-0.4, -0.2) is 45.6 Å². The number of aryl methyl sites for hydroxylation is 1. The van der Waals surface area contributed by atoms with Gasteiger partial charge in [-0.1, -0.05) is 36.4 Å². The summed E-state index contributed by atoms with van der Waals surface area (Å²) in [5, 5.41) is 6.90. The predicted octanol–water partition coefficient (Wildman–Crippen LogP) is 4.17. The topological polar surface area (TPSA) is 77.3 Å². The average Bonchev–Trinajstić information content (AvgIpc) is 3.46. The van der Waals surface area contributed by atoms with Gasteiger partial charge in [0.15, 0.2) is 5.65 Å². The van der Waals surface area contributed by atoms with Crippen LogP contribution in [0.3, 0.4) is 0 Å². The van der Waals surface area contributed by atoms with E-state index in [0.717, 1.165) is 4.88 Å². The van der Waals surface area contributed by atoms with Crippen LogP contribution in [0.5, 0.6) is 0 Å². The lowest BCUT2D eigenvalue weighted by Crippen LogP contribution is -2.31. The molecule has 3 heterocycles. The highest BCUT2D eigenvalue weighted by atomic mass is 32.1. The van der Waals surface area contributed by atoms with Crippen molar-refractivity contribution in [2.24, 2.45) is 0 Å². The molecule has 0 saturated heterocycles. The zero-order valence-electron chi connectivity index (χ0n) is 17.5. The molecule has 3 aromatic heterocycles. The summed E-state index contributed by atoms with van der Waals surface area (Å²) in [5.41, 5.74) is 2.22. The van der Waals surface area contributed by atoms with Gasteiger partial charge in [-0.3, -0.25) is 4.79 Å². The molecule has 0 radical (unpaired) electrons. The molecule has 0 aliphatic carbocycles. The maximum absolute atomic E-state index is 13.3. The average molecular weight is 435 g/mol. The number of amides is 1. The Balaban J connectivity index is 1.79. The number of carbonyl (C=O) groups is 2. The zero-order valence-corrected chi connectivity index (χ0v) is 18.3. The Bertz CT molecular complexity index is 1220. The van der Waals surface area contributed by atoms with Crippen molar-refractivity contribution in [3.05, 3.63) is 71.2 Å². The molecule has 1 amide bonds. The molecule has 0 aliphatic heterocycles. The Labute approximate surface area is 183 Å². The number of hydrogen-bond donors (Lipinski definition) is 0. The fourth-order valence-corrected chi connectivity index (χ4v) is 3.98. The van der Waals surface area contributed by atoms with Gasteiger partial charge in [0.1, 0.15) is 0 Å². The van der Waals surface area contributed by atoms with Gasteiger partial charge in [0.2, 0.25) is 6.10 Å². The second-order valence-electron chi connectivity index (χ2n) is 7.16. The van der Waals surface area contributed by atoms with E-state index in [1.54, 1.807) is 43.2 Å². The highest BCUT2D eigenvalue weighted by molar-refractivity contribution is 7.13. The van der Waals surface area contributed by atoms with Gasteiger partial charge >= 0.3 is 5.97 Å². The summed E-state index contributed by atoms with van der Waals surface area (Å²) in [5.74, 6) is -0.905. The van der Waals surface area contributed by atoms with Gasteiger partial charge in [-0.25, -0.2) is 14.5 Å². The van der Waals surface area contributed by atoms with Crippen molar-refractivity contribution < 1.29 is 14.3 Å². The number of fused-ring (bicyclic) bond motifs is 1. The van der Waals surface area contributed by atoms with Gasteiger partial charge in [-0.15, -0.1) is 11.3 Å². The Kier molecular flexibility index (Phi) is 5.81. The number of ether oxygens (including phenoxy) is 1. The van der Waals surface area contributed by atoms with Gasteiger partial charge in [0.05, 0.1) is 27.7 Å². The second kappa shape index (κ2) is 8.69. The summed E-state index contributed by atoms with van der Waals surface area (Å²) in [6.07, 6.45) is 0.574. The molecular weight excluding hydrogens is 412 g/mol. The lowest BCUT2D eigenvalue weighted by atomic mass is 10.1. The summed E-state index contributed by atoms with van der Waals surface area (Å²) < 4.78 is 7.52. The molecule has 0 fully saturated rings. The molecule has 4 rings (SSSR count). The predicted molar refractivity (Wildman–Crippen MR) is 120 cm³/mol. The molecule has 1 atom stereocenters. The second-order valence-corrected chi connectivity index (χ2v) is 8.11. The first kappa shape index (κ1) is 20.7. The van der Waals surface area contributed by atoms with Crippen molar-refractivity contribution in [3.8, 4) is 10.6 Å². The third kappa shape index (κ3) is 4.06. The van der Waals surface area contributed by atoms with Crippen molar-refractivity contribution in [3.63, 3.8) is 0 Å². The first-order chi connectivity index (χ1) is 15.0. The number of nitrogens with zero attached hydrogens (tertiary/aromatic N) is 4. The van der Waals surface area contributed by atoms with Crippen LogP contribution in [0.2, 0.25) is 0 Å². The van der Waals surface area contributed by atoms with Crippen LogP contribution in [0.25, 0.3) is 21.6 Å². The van der Waals surface area contributed by atoms with Crippen molar-refractivity contribution in [1.82, 2.24) is 19.7 Å². The summed E-state index contributed by atoms with van der Waals surface area (Å²) >= 11 is 1.54. The van der Waals surface area contributed by atoms with Crippen LogP contribution in [0.4, 0.5) is 0 Å². The summed E-state index contributed by atoms with van der Waals surface area (Å²) in [7, 11) is 3.27. The first-order valence-electron chi connectivity index (χ1n) is 9.87. The normalized spacial score (nSPS) is 12.0. The number of benzene rings is 1. The Morgan fingerprint density at radius 3 is 2.58 bits per heavy atom. The fraction of sp³-hybridized carbons (Fsp3) is 0.217. The Morgan fingerprint density at radius 1 is 1.16 bits per heavy atom. The van der Waals surface area contributed by atoms with Crippen molar-refractivity contribution in [2.75, 3.05) is 14.1 Å². The number of esters is 1. The summed E-state index contributed by atoms with van der Waals surface area (Å²) in [4.78, 5) is 33.2. The van der Waals surface area contributed by atoms with Gasteiger partial charge < -0.3 is 9.64 Å². The van der Waals surface area contributed by atoms with E-state index in [9.17, 15) is 9.59 Å². The van der Waals surface area contributed by atoms with Crippen LogP contribution >= 0.6 is 11.3 Å². The molecule has 8 heteroatoms. The number of likely N-dealkylation sites (N-methyl/N-ethyl adjacent to an activating group) is 1. The standard InChI is InChI=1S/C23H22N4O3S/c1-4-27-21-17(14-24-27)16(13-18(25-21)19-11-8-12-31-19)23(29)30-20(22(28)26(2)3)15-9-6-5-7-10-15/h5-14,20H,4H2,1-3H3. The molecule has 1 aromatic carbocycles. The summed E-state index contributed by atoms with van der Waals surface area (Å²) in [6, 6.07) is 14.6. The van der Waals surface area contributed by atoms with E-state index in [0.29, 0.717) is 34.4 Å². The van der Waals surface area contributed by atoms with Gasteiger partial charge in [0.25, 0.3) is 5.91 Å². The number of hydrogen-bond acceptors (Lipinski definition) is 6. The quantitative estimate of drug-likeness (QED) is 0.426. The SMILES string of the molecule is CCn1ncc2c(C(=O)OC(C(=O)N(C)C)c3ccccc3)cc(-c3cccs3)nc21. The van der Waals surface area contributed by atoms with E-state index in [-0.39, 0.29) is 5.91 Å². The maximum Gasteiger partial charge on any atom is 0.340 e. The highest BCUT2D eigenvalue weighted by Gasteiger charge is 2.28. The molecule has 0 bridgehead atoms. The molecule has 0 N–H and O–H groups in total. The van der Waals surface area contributed by atoms with Crippen molar-refractivity contribution in [1.29, 1.82) is 0 Å². The lowest BCUT2D eigenvalue weighted by Gasteiger charge is -2.21. The Hall–Kier alpha value is -3.52. The molecule has 31 heavy (non-hydrogen) atoms. The molecule has 7 nitrogen and oxygen atoms in total. The van der Waals surface area contributed by atoms with E-state index in [4.69, 9.17) is 9.72 Å². The number of thiophene rings is 1. The molecule has 0 saturated carbocycles. The molecule has 158 valence electrons. The number of aromatic nitrogens is 3. The van der Waals surface area contributed by atoms with E-state index < -0.39 is 12.1 Å². The number of pyridine rings is 1. The number of carbonyl (C=O) groups excluding carboxylic acids is 2. The largest absolute Gasteiger partial charge is 0.444 e. The molecule has 0 spiro atoms. The van der Waals surface area contributed by atoms with Crippen LogP contribution in [-0.2, 0) is 16.1 Å². The van der Waals surface area contributed by atoms with Crippen LogP contribution < -0.4 is 0 Å². The molecule has 1 unspecified atom stereocenters. The zero-order chi connectivity index (χ0) is 22.0. The molecule has 0 aliphatic rings. The third-order valence-corrected chi connectivity index (χ3v) is 5.79. The fourth-order valence-electron chi connectivity index (χ4n) is 3.29. The smallest absolute Gasteiger partial charge is 0.340 e. The number of rotatable bonds is 6. The highest BCUT2D eigenvalue weighted by Crippen LogP contribution is 2.30. The van der Waals surface area contributed by atoms with E-state index in [1.807, 2.05) is 42.6 Å². The third-order valence-electron chi connectivity index (χ3n) is 4.89. The van der Waals surface area contributed by atoms with Gasteiger partial charge in [0, 0.05) is 26.2 Å². The van der Waals surface area contributed by atoms with Crippen molar-refractivity contribution in [2.45, 2.75) is 19.6 Å². The molecule has 4 aromatic rings. The minimum Gasteiger partial charge on any atom is -0.444 e. The van der Waals surface area contributed by atoms with E-state index in [1.165, 1.54) is 16.2 Å². The minimum absolute atomic E-state index is 0.312. The van der Waals surface area contributed by atoms with Crippen molar-refractivity contribution >= 4 is 34.2 Å². The van der Waals surface area contributed by atoms with Crippen LogP contribution in [0, 0.1) is 0 Å². The van der Waals surface area contributed by atoms with Gasteiger partial charge in [-0.05, 0) is 24.4 Å². The molecular formula is C23H22N4O3S. The van der Waals surface area contributed by atoms with Gasteiger partial charge in [-0.2, -0.15) is 5.10 Å². The van der Waals surface area contributed by atoms with E-state index >= 15 is 0 Å². The maximum atomic E-state index is 13.3. The Morgan fingerprint density at radius 2 is 1.94 bits per heavy atom. The minimum atomic E-state index is -1.04. The lowest BCUT2D eigenvalue weighted by molar-refractivity contribution is -0.138. The monoisotopic (exact) mass is 434 g/mol. The van der Waals surface area contributed by atoms with Crippen LogP contribution in [0.15, 0.2) is 60.1 Å². The van der Waals surface area contributed by atoms with E-state index in [2.05, 4.69) is 5.10 Å².